The lowest BCUT2D eigenvalue weighted by Gasteiger charge is -2.18. The molecule has 1 aliphatic rings. The highest BCUT2D eigenvalue weighted by molar-refractivity contribution is 6.03. The van der Waals surface area contributed by atoms with Gasteiger partial charge in [-0.25, -0.2) is 0 Å². The van der Waals surface area contributed by atoms with Gasteiger partial charge >= 0.3 is 6.18 Å². The van der Waals surface area contributed by atoms with Crippen LogP contribution in [0.3, 0.4) is 0 Å². The van der Waals surface area contributed by atoms with Crippen molar-refractivity contribution in [2.24, 2.45) is 5.16 Å². The molecule has 21 heavy (non-hydrogen) atoms. The van der Waals surface area contributed by atoms with Crippen molar-refractivity contribution in [1.82, 2.24) is 0 Å². The Morgan fingerprint density at radius 3 is 2.52 bits per heavy atom. The average molecular weight is 300 g/mol. The molecule has 1 aromatic rings. The number of nitrogens with one attached hydrogen (secondary N) is 1. The van der Waals surface area contributed by atoms with Crippen molar-refractivity contribution in [2.45, 2.75) is 44.8 Å². The molecule has 0 atom stereocenters. The fraction of sp³-hybridized carbons (Fsp3) is 0.533. The first-order chi connectivity index (χ1) is 9.91. The fourth-order valence-corrected chi connectivity index (χ4v) is 2.62. The van der Waals surface area contributed by atoms with E-state index >= 15 is 0 Å². The normalized spacial score (nSPS) is 17.1. The molecule has 1 aromatic carbocycles. The molecule has 0 heterocycles. The molecule has 2 rings (SSSR count). The zero-order chi connectivity index (χ0) is 15.5. The van der Waals surface area contributed by atoms with Gasteiger partial charge in [-0.3, -0.25) is 0 Å². The Balaban J connectivity index is 2.36. The summed E-state index contributed by atoms with van der Waals surface area (Å²) < 4.78 is 38.6. The molecule has 3 nitrogen and oxygen atoms in total. The van der Waals surface area contributed by atoms with E-state index in [1.165, 1.54) is 13.2 Å². The zero-order valence-electron chi connectivity index (χ0n) is 12.1. The van der Waals surface area contributed by atoms with Crippen molar-refractivity contribution in [3.63, 3.8) is 0 Å². The molecular formula is C15H19F3N2O. The van der Waals surface area contributed by atoms with Crippen molar-refractivity contribution < 1.29 is 18.0 Å². The SMILES string of the molecule is CO/N=C(\C)c1cc(C(F)(F)F)ccc1NC1CCCC1. The molecule has 0 unspecified atom stereocenters. The first kappa shape index (κ1) is 15.7. The summed E-state index contributed by atoms with van der Waals surface area (Å²) in [5.74, 6) is 0. The summed E-state index contributed by atoms with van der Waals surface area (Å²) in [4.78, 5) is 4.69. The number of halogens is 3. The average Bonchev–Trinajstić information content (AvgIpc) is 2.91. The van der Waals surface area contributed by atoms with Crippen LogP contribution >= 0.6 is 0 Å². The molecule has 1 N–H and O–H groups in total. The summed E-state index contributed by atoms with van der Waals surface area (Å²) in [6.07, 6.45) is 0.0212. The number of hydrogen-bond donors (Lipinski definition) is 1. The summed E-state index contributed by atoms with van der Waals surface area (Å²) in [6.45, 7) is 1.64. The largest absolute Gasteiger partial charge is 0.416 e. The number of oxime groups is 1. The van der Waals surface area contributed by atoms with Crippen molar-refractivity contribution in [1.29, 1.82) is 0 Å². The molecule has 116 valence electrons. The van der Waals surface area contributed by atoms with Crippen LogP contribution in [0, 0.1) is 0 Å². The van der Waals surface area contributed by atoms with Crippen LogP contribution in [0.4, 0.5) is 18.9 Å². The zero-order valence-corrected chi connectivity index (χ0v) is 12.1. The maximum absolute atomic E-state index is 12.9. The van der Waals surface area contributed by atoms with Gasteiger partial charge in [-0.15, -0.1) is 0 Å². The second-order valence-corrected chi connectivity index (χ2v) is 5.24. The van der Waals surface area contributed by atoms with Gasteiger partial charge in [0.25, 0.3) is 0 Å². The minimum absolute atomic E-state index is 0.316. The third-order valence-electron chi connectivity index (χ3n) is 3.68. The third kappa shape index (κ3) is 3.89. The molecule has 0 aliphatic heterocycles. The van der Waals surface area contributed by atoms with Gasteiger partial charge in [0.1, 0.15) is 7.11 Å². The van der Waals surface area contributed by atoms with Gasteiger partial charge in [-0.05, 0) is 38.0 Å². The lowest BCUT2D eigenvalue weighted by molar-refractivity contribution is -0.137. The lowest BCUT2D eigenvalue weighted by atomic mass is 10.0. The molecule has 1 saturated carbocycles. The van der Waals surface area contributed by atoms with E-state index in [1.54, 1.807) is 6.92 Å². The maximum atomic E-state index is 12.9. The molecule has 0 amide bonds. The van der Waals surface area contributed by atoms with Crippen LogP contribution in [-0.2, 0) is 11.0 Å². The van der Waals surface area contributed by atoms with Crippen LogP contribution in [0.1, 0.15) is 43.7 Å². The minimum atomic E-state index is -4.37. The van der Waals surface area contributed by atoms with Crippen LogP contribution in [0.5, 0.6) is 0 Å². The van der Waals surface area contributed by atoms with Gasteiger partial charge in [0.15, 0.2) is 0 Å². The monoisotopic (exact) mass is 300 g/mol. The molecule has 0 bridgehead atoms. The van der Waals surface area contributed by atoms with Crippen LogP contribution in [0.15, 0.2) is 23.4 Å². The van der Waals surface area contributed by atoms with E-state index in [4.69, 9.17) is 0 Å². The van der Waals surface area contributed by atoms with Gasteiger partial charge < -0.3 is 10.2 Å². The Hall–Kier alpha value is -1.72. The van der Waals surface area contributed by atoms with Gasteiger partial charge in [-0.2, -0.15) is 13.2 Å². The first-order valence-electron chi connectivity index (χ1n) is 6.97. The number of benzene rings is 1. The van der Waals surface area contributed by atoms with E-state index in [0.717, 1.165) is 37.8 Å². The molecular weight excluding hydrogens is 281 g/mol. The van der Waals surface area contributed by atoms with Crippen molar-refractivity contribution in [3.8, 4) is 0 Å². The molecule has 1 fully saturated rings. The standard InChI is InChI=1S/C15H19F3N2O/c1-10(20-21-2)13-9-11(15(16,17)18)7-8-14(13)19-12-5-3-4-6-12/h7-9,12,19H,3-6H2,1-2H3/b20-10+. The van der Waals surface area contributed by atoms with E-state index in [1.807, 2.05) is 0 Å². The highest BCUT2D eigenvalue weighted by Crippen LogP contribution is 2.33. The number of hydrogen-bond acceptors (Lipinski definition) is 3. The molecule has 0 aromatic heterocycles. The molecule has 6 heteroatoms. The first-order valence-corrected chi connectivity index (χ1v) is 6.97. The predicted octanol–water partition coefficient (Wildman–Crippen LogP) is 4.43. The molecule has 0 spiro atoms. The fourth-order valence-electron chi connectivity index (χ4n) is 2.62. The lowest BCUT2D eigenvalue weighted by Crippen LogP contribution is -2.17. The Morgan fingerprint density at radius 1 is 1.29 bits per heavy atom. The van der Waals surface area contributed by atoms with Gasteiger partial charge in [0.05, 0.1) is 11.3 Å². The highest BCUT2D eigenvalue weighted by atomic mass is 19.4. The predicted molar refractivity (Wildman–Crippen MR) is 76.5 cm³/mol. The summed E-state index contributed by atoms with van der Waals surface area (Å²) in [7, 11) is 1.38. The summed E-state index contributed by atoms with van der Waals surface area (Å²) in [6, 6.07) is 4.01. The molecule has 1 aliphatic carbocycles. The number of rotatable bonds is 4. The molecule has 0 saturated heterocycles. The Bertz CT molecular complexity index is 520. The van der Waals surface area contributed by atoms with Gasteiger partial charge in [0, 0.05) is 17.3 Å². The quantitative estimate of drug-likeness (QED) is 0.659. The van der Waals surface area contributed by atoms with E-state index in [2.05, 4.69) is 15.3 Å². The summed E-state index contributed by atoms with van der Waals surface area (Å²) in [5.41, 5.74) is 0.844. The van der Waals surface area contributed by atoms with Crippen molar-refractivity contribution in [3.05, 3.63) is 29.3 Å². The number of alkyl halides is 3. The van der Waals surface area contributed by atoms with Crippen molar-refractivity contribution in [2.75, 3.05) is 12.4 Å². The highest BCUT2D eigenvalue weighted by Gasteiger charge is 2.31. The van der Waals surface area contributed by atoms with Crippen LogP contribution in [0.2, 0.25) is 0 Å². The third-order valence-corrected chi connectivity index (χ3v) is 3.68. The minimum Gasteiger partial charge on any atom is -0.399 e. The Labute approximate surface area is 122 Å². The Morgan fingerprint density at radius 2 is 1.95 bits per heavy atom. The smallest absolute Gasteiger partial charge is 0.399 e. The van der Waals surface area contributed by atoms with E-state index < -0.39 is 11.7 Å². The van der Waals surface area contributed by atoms with Crippen molar-refractivity contribution >= 4 is 11.4 Å². The molecule has 0 radical (unpaired) electrons. The van der Waals surface area contributed by atoms with E-state index in [-0.39, 0.29) is 0 Å². The number of anilines is 1. The van der Waals surface area contributed by atoms with Gasteiger partial charge in [0.2, 0.25) is 0 Å². The van der Waals surface area contributed by atoms with Crippen LogP contribution in [0.25, 0.3) is 0 Å². The van der Waals surface area contributed by atoms with Crippen LogP contribution < -0.4 is 5.32 Å². The van der Waals surface area contributed by atoms with E-state index in [9.17, 15) is 13.2 Å². The number of nitrogens with zero attached hydrogens (tertiary/aromatic N) is 1. The van der Waals surface area contributed by atoms with E-state index in [0.29, 0.717) is 23.0 Å². The second-order valence-electron chi connectivity index (χ2n) is 5.24. The summed E-state index contributed by atoms with van der Waals surface area (Å²) >= 11 is 0. The Kier molecular flexibility index (Phi) is 4.75. The maximum Gasteiger partial charge on any atom is 0.416 e. The van der Waals surface area contributed by atoms with Crippen LogP contribution in [-0.4, -0.2) is 18.9 Å². The summed E-state index contributed by atoms with van der Waals surface area (Å²) in [5, 5.41) is 7.09. The van der Waals surface area contributed by atoms with Gasteiger partial charge in [-0.1, -0.05) is 18.0 Å². The topological polar surface area (TPSA) is 33.6 Å². The second kappa shape index (κ2) is 6.37.